The lowest BCUT2D eigenvalue weighted by Gasteiger charge is -2.30. The first kappa shape index (κ1) is 22.4. The van der Waals surface area contributed by atoms with Crippen molar-refractivity contribution in [3.05, 3.63) is 30.3 Å². The topological polar surface area (TPSA) is 207 Å². The molecule has 1 aromatic carbocycles. The van der Waals surface area contributed by atoms with E-state index in [4.69, 9.17) is 25.3 Å². The van der Waals surface area contributed by atoms with Crippen molar-refractivity contribution in [2.45, 2.75) is 29.0 Å². The van der Waals surface area contributed by atoms with Crippen LogP contribution < -0.4 is 11.1 Å². The molecule has 8 N–H and O–H groups in total. The molecule has 1 rings (SSSR count). The maximum Gasteiger partial charge on any atom is 0.369 e. The van der Waals surface area contributed by atoms with Crippen molar-refractivity contribution in [2.24, 2.45) is 5.73 Å². The van der Waals surface area contributed by atoms with E-state index in [0.29, 0.717) is 0 Å². The van der Waals surface area contributed by atoms with E-state index in [1.807, 2.05) is 0 Å². The zero-order chi connectivity index (χ0) is 19.5. The van der Waals surface area contributed by atoms with Gasteiger partial charge in [-0.1, -0.05) is 18.2 Å². The third-order valence-corrected chi connectivity index (χ3v) is 8.78. The molecule has 0 fully saturated rings. The van der Waals surface area contributed by atoms with E-state index in [1.165, 1.54) is 24.3 Å². The van der Waals surface area contributed by atoms with E-state index in [2.05, 4.69) is 5.32 Å². The Balaban J connectivity index is 2.73. The van der Waals surface area contributed by atoms with E-state index < -0.39 is 55.0 Å². The highest BCUT2D eigenvalue weighted by atomic mass is 32.2. The summed E-state index contributed by atoms with van der Waals surface area (Å²) in [5.74, 6) is -0.609. The Hall–Kier alpha value is -0.650. The Morgan fingerprint density at radius 2 is 1.56 bits per heavy atom. The maximum absolute atomic E-state index is 12.0. The minimum absolute atomic E-state index is 0.0247. The van der Waals surface area contributed by atoms with Gasteiger partial charge in [0.25, 0.3) is 5.08 Å². The summed E-state index contributed by atoms with van der Waals surface area (Å²) in [7, 11) is -14.9. The van der Waals surface area contributed by atoms with Crippen LogP contribution in [0.15, 0.2) is 35.2 Å². The standard InChI is InChI=1S/C11H20N2O9P2S/c12-10(6-7-11(14,23(15,16)17)24(18,19)20)13-8-25(21,22)9-4-2-1-3-5-9/h1-5,10,13-14H,6-8,12H2,(H2,15,16,17)(H2,18,19,20). The van der Waals surface area contributed by atoms with Crippen LogP contribution in [0.4, 0.5) is 0 Å². The third-order valence-electron chi connectivity index (χ3n) is 3.36. The fourth-order valence-corrected chi connectivity index (χ4v) is 5.21. The highest BCUT2D eigenvalue weighted by Crippen LogP contribution is 2.69. The van der Waals surface area contributed by atoms with Crippen LogP contribution in [0.25, 0.3) is 0 Å². The second-order valence-corrected chi connectivity index (χ2v) is 11.3. The van der Waals surface area contributed by atoms with Crippen LogP contribution in [-0.2, 0) is 19.0 Å². The number of nitrogens with one attached hydrogen (secondary N) is 1. The van der Waals surface area contributed by atoms with E-state index in [1.54, 1.807) is 6.07 Å². The van der Waals surface area contributed by atoms with Crippen LogP contribution in [-0.4, -0.2) is 50.2 Å². The molecular weight excluding hydrogens is 398 g/mol. The van der Waals surface area contributed by atoms with Crippen molar-refractivity contribution in [1.82, 2.24) is 5.32 Å². The summed E-state index contributed by atoms with van der Waals surface area (Å²) >= 11 is 0. The van der Waals surface area contributed by atoms with Gasteiger partial charge in [-0.25, -0.2) is 8.42 Å². The molecule has 144 valence electrons. The minimum Gasteiger partial charge on any atom is -0.368 e. The fourth-order valence-electron chi connectivity index (χ4n) is 1.84. The van der Waals surface area contributed by atoms with Gasteiger partial charge < -0.3 is 30.4 Å². The van der Waals surface area contributed by atoms with Gasteiger partial charge in [-0.05, 0) is 18.6 Å². The number of nitrogens with two attached hydrogens (primary N) is 1. The van der Waals surface area contributed by atoms with E-state index in [9.17, 15) is 22.7 Å². The monoisotopic (exact) mass is 418 g/mol. The third kappa shape index (κ3) is 5.66. The van der Waals surface area contributed by atoms with Crippen LogP contribution in [0, 0.1) is 0 Å². The van der Waals surface area contributed by atoms with Gasteiger partial charge in [0.05, 0.1) is 11.1 Å². The van der Waals surface area contributed by atoms with Crippen molar-refractivity contribution in [3.8, 4) is 0 Å². The molecular formula is C11H20N2O9P2S. The first-order chi connectivity index (χ1) is 11.2. The van der Waals surface area contributed by atoms with Gasteiger partial charge in [-0.3, -0.25) is 14.4 Å². The summed E-state index contributed by atoms with van der Waals surface area (Å²) in [5.41, 5.74) is 5.56. The molecule has 25 heavy (non-hydrogen) atoms. The smallest absolute Gasteiger partial charge is 0.368 e. The molecule has 1 aromatic rings. The summed E-state index contributed by atoms with van der Waals surface area (Å²) in [4.78, 5) is 36.0. The van der Waals surface area contributed by atoms with E-state index in [-0.39, 0.29) is 4.90 Å². The van der Waals surface area contributed by atoms with Crippen LogP contribution in [0.5, 0.6) is 0 Å². The molecule has 0 spiro atoms. The summed E-state index contributed by atoms with van der Waals surface area (Å²) in [6.07, 6.45) is -2.74. The second kappa shape index (κ2) is 7.93. The molecule has 0 radical (unpaired) electrons. The first-order valence-electron chi connectivity index (χ1n) is 6.81. The van der Waals surface area contributed by atoms with Crippen molar-refractivity contribution >= 4 is 25.0 Å². The first-order valence-corrected chi connectivity index (χ1v) is 11.7. The number of hydrogen-bond donors (Lipinski definition) is 7. The Labute approximate surface area is 144 Å². The Kier molecular flexibility index (Phi) is 7.10. The molecule has 1 unspecified atom stereocenters. The highest BCUT2D eigenvalue weighted by molar-refractivity contribution is 7.91. The number of sulfone groups is 1. The normalized spacial score (nSPS) is 15.1. The van der Waals surface area contributed by atoms with Crippen molar-refractivity contribution in [1.29, 1.82) is 0 Å². The number of aliphatic hydroxyl groups is 1. The maximum atomic E-state index is 12.0. The molecule has 11 nitrogen and oxygen atoms in total. The second-order valence-electron chi connectivity index (χ2n) is 5.28. The predicted octanol–water partition coefficient (Wildman–Crippen LogP) is -0.926. The van der Waals surface area contributed by atoms with Crippen molar-refractivity contribution in [3.63, 3.8) is 0 Å². The summed E-state index contributed by atoms with van der Waals surface area (Å²) in [6.45, 7) is 0. The van der Waals surface area contributed by atoms with Gasteiger partial charge in [0, 0.05) is 6.42 Å². The zero-order valence-corrected chi connectivity index (χ0v) is 15.4. The molecule has 0 saturated heterocycles. The summed E-state index contributed by atoms with van der Waals surface area (Å²) in [6, 6.07) is 7.40. The average molecular weight is 418 g/mol. The van der Waals surface area contributed by atoms with Gasteiger partial charge in [0.15, 0.2) is 9.84 Å². The lowest BCUT2D eigenvalue weighted by Crippen LogP contribution is -2.42. The van der Waals surface area contributed by atoms with Gasteiger partial charge in [0.2, 0.25) is 0 Å². The van der Waals surface area contributed by atoms with Gasteiger partial charge >= 0.3 is 15.2 Å². The largest absolute Gasteiger partial charge is 0.369 e. The Morgan fingerprint density at radius 3 is 2.00 bits per heavy atom. The molecule has 0 saturated carbocycles. The summed E-state index contributed by atoms with van der Waals surface area (Å²) < 4.78 is 46.5. The van der Waals surface area contributed by atoms with Crippen molar-refractivity contribution < 1.29 is 42.2 Å². The SMILES string of the molecule is NC(CCC(O)(P(=O)(O)O)P(=O)(O)O)NCS(=O)(=O)c1ccccc1. The van der Waals surface area contributed by atoms with Gasteiger partial charge in [0.1, 0.15) is 5.88 Å². The quantitative estimate of drug-likeness (QED) is 0.193. The number of benzene rings is 1. The molecule has 0 heterocycles. The minimum atomic E-state index is -5.57. The number of rotatable bonds is 9. The molecule has 1 atom stereocenters. The van der Waals surface area contributed by atoms with Gasteiger partial charge in [-0.15, -0.1) is 0 Å². The molecule has 0 aliphatic rings. The molecule has 0 bridgehead atoms. The molecule has 0 aromatic heterocycles. The number of hydrogen-bond acceptors (Lipinski definition) is 7. The van der Waals surface area contributed by atoms with Crippen LogP contribution >= 0.6 is 15.2 Å². The molecule has 14 heteroatoms. The van der Waals surface area contributed by atoms with Crippen LogP contribution in [0.3, 0.4) is 0 Å². The lowest BCUT2D eigenvalue weighted by atomic mass is 10.2. The molecule has 0 aliphatic carbocycles. The lowest BCUT2D eigenvalue weighted by molar-refractivity contribution is 0.118. The van der Waals surface area contributed by atoms with E-state index >= 15 is 0 Å². The Bertz CT molecular complexity index is 752. The van der Waals surface area contributed by atoms with Gasteiger partial charge in [-0.2, -0.15) is 0 Å². The Morgan fingerprint density at radius 1 is 1.08 bits per heavy atom. The highest BCUT2D eigenvalue weighted by Gasteiger charge is 2.58. The fraction of sp³-hybridized carbons (Fsp3) is 0.455. The van der Waals surface area contributed by atoms with Crippen molar-refractivity contribution in [2.75, 3.05) is 5.88 Å². The van der Waals surface area contributed by atoms with E-state index in [0.717, 1.165) is 0 Å². The van der Waals surface area contributed by atoms with Crippen LogP contribution in [0.1, 0.15) is 12.8 Å². The predicted molar refractivity (Wildman–Crippen MR) is 87.9 cm³/mol. The van der Waals surface area contributed by atoms with Crippen LogP contribution in [0.2, 0.25) is 0 Å². The zero-order valence-electron chi connectivity index (χ0n) is 12.8. The molecule has 0 aliphatic heterocycles. The summed E-state index contributed by atoms with van der Waals surface area (Å²) in [5, 5.41) is 8.50. The average Bonchev–Trinajstić information content (AvgIpc) is 2.49. The molecule has 0 amide bonds.